The Morgan fingerprint density at radius 1 is 1.22 bits per heavy atom. The van der Waals surface area contributed by atoms with Crippen LogP contribution in [0.2, 0.25) is 5.02 Å². The van der Waals surface area contributed by atoms with Crippen LogP contribution in [0.1, 0.15) is 17.4 Å². The fourth-order valence-corrected chi connectivity index (χ4v) is 5.62. The van der Waals surface area contributed by atoms with E-state index in [1.807, 2.05) is 0 Å². The molecule has 0 spiro atoms. The van der Waals surface area contributed by atoms with Crippen molar-refractivity contribution in [1.82, 2.24) is 0 Å². The highest BCUT2D eigenvalue weighted by atomic mass is 35.5. The number of anilines is 2. The smallest absolute Gasteiger partial charge is 0.244 e. The first kappa shape index (κ1) is 21.9. The number of ether oxygens (including phenoxy) is 1. The van der Waals surface area contributed by atoms with Gasteiger partial charge in [0.2, 0.25) is 11.8 Å². The molecule has 3 aromatic rings. The largest absolute Gasteiger partial charge is 0.495 e. The molecule has 2 heterocycles. The predicted molar refractivity (Wildman–Crippen MR) is 119 cm³/mol. The molecule has 1 aliphatic rings. The average molecular weight is 475 g/mol. The number of nitrogens with zero attached hydrogens (tertiary/aromatic N) is 1. The van der Waals surface area contributed by atoms with Gasteiger partial charge in [0.05, 0.1) is 36.1 Å². The van der Waals surface area contributed by atoms with Gasteiger partial charge in [-0.3, -0.25) is 9.59 Å². The van der Waals surface area contributed by atoms with E-state index in [0.717, 1.165) is 0 Å². The highest BCUT2D eigenvalue weighted by Gasteiger charge is 2.41. The van der Waals surface area contributed by atoms with Crippen LogP contribution >= 0.6 is 11.6 Å². The molecule has 0 bridgehead atoms. The van der Waals surface area contributed by atoms with Crippen LogP contribution in [0, 0.1) is 0 Å². The fourth-order valence-electron chi connectivity index (χ4n) is 3.60. The molecular formula is C22H19ClN2O6S. The lowest BCUT2D eigenvalue weighted by atomic mass is 10.2. The molecule has 32 heavy (non-hydrogen) atoms. The van der Waals surface area contributed by atoms with E-state index in [2.05, 4.69) is 5.32 Å². The molecule has 0 saturated carbocycles. The summed E-state index contributed by atoms with van der Waals surface area (Å²) in [6.07, 6.45) is 0.994. The zero-order valence-corrected chi connectivity index (χ0v) is 18.5. The Morgan fingerprint density at radius 2 is 2.00 bits per heavy atom. The lowest BCUT2D eigenvalue weighted by molar-refractivity contribution is -0.121. The number of halogens is 1. The Balaban J connectivity index is 1.68. The van der Waals surface area contributed by atoms with E-state index in [-0.39, 0.29) is 22.8 Å². The van der Waals surface area contributed by atoms with Crippen molar-refractivity contribution in [1.29, 1.82) is 0 Å². The molecule has 0 radical (unpaired) electrons. The van der Waals surface area contributed by atoms with Gasteiger partial charge in [-0.25, -0.2) is 8.42 Å². The summed E-state index contributed by atoms with van der Waals surface area (Å²) in [6, 6.07) is 13.9. The Kier molecular flexibility index (Phi) is 5.94. The third-order valence-corrected chi connectivity index (χ3v) is 7.44. The highest BCUT2D eigenvalue weighted by molar-refractivity contribution is 7.91. The molecule has 2 aromatic carbocycles. The second-order valence-corrected chi connectivity index (χ2v) is 9.63. The lowest BCUT2D eigenvalue weighted by Crippen LogP contribution is -2.38. The summed E-state index contributed by atoms with van der Waals surface area (Å²) in [6.45, 7) is -0.397. The molecule has 10 heteroatoms. The molecular weight excluding hydrogens is 456 g/mol. The molecule has 8 nitrogen and oxygen atoms in total. The maximum absolute atomic E-state index is 13.3. The Morgan fingerprint density at radius 3 is 2.72 bits per heavy atom. The standard InChI is InChI=1S/C22H19ClN2O6S/c1-30-17-9-8-14(23)11-15(17)24-21(26)13-25-16-5-2-3-7-19(16)32(28,29)20(12-22(25)27)18-6-4-10-31-18/h2-11,20H,12-13H2,1H3,(H,24,26). The number of furan rings is 1. The SMILES string of the molecule is COc1ccc(Cl)cc1NC(=O)CN1C(=O)CC(c2ccco2)S(=O)(=O)c2ccccc21. The minimum Gasteiger partial charge on any atom is -0.495 e. The second-order valence-electron chi connectivity index (χ2n) is 7.09. The summed E-state index contributed by atoms with van der Waals surface area (Å²) in [5, 5.41) is 1.88. The van der Waals surface area contributed by atoms with Crippen LogP contribution in [-0.4, -0.2) is 33.9 Å². The van der Waals surface area contributed by atoms with Crippen LogP contribution in [0.3, 0.4) is 0 Å². The first-order valence-electron chi connectivity index (χ1n) is 9.61. The van der Waals surface area contributed by atoms with Crippen LogP contribution in [-0.2, 0) is 19.4 Å². The van der Waals surface area contributed by atoms with E-state index in [0.29, 0.717) is 16.5 Å². The number of sulfone groups is 1. The summed E-state index contributed by atoms with van der Waals surface area (Å²) in [4.78, 5) is 27.1. The normalized spacial score (nSPS) is 17.4. The molecule has 0 saturated heterocycles. The molecule has 1 atom stereocenters. The number of hydrogen-bond donors (Lipinski definition) is 1. The van der Waals surface area contributed by atoms with Crippen LogP contribution in [0.4, 0.5) is 11.4 Å². The molecule has 166 valence electrons. The van der Waals surface area contributed by atoms with Gasteiger partial charge in [-0.1, -0.05) is 23.7 Å². The molecule has 4 rings (SSSR count). The number of benzene rings is 2. The second kappa shape index (κ2) is 8.68. The van der Waals surface area contributed by atoms with Gasteiger partial charge in [-0.2, -0.15) is 0 Å². The highest BCUT2D eigenvalue weighted by Crippen LogP contribution is 2.40. The van der Waals surface area contributed by atoms with Crippen molar-refractivity contribution in [3.8, 4) is 5.75 Å². The maximum Gasteiger partial charge on any atom is 0.244 e. The van der Waals surface area contributed by atoms with Gasteiger partial charge >= 0.3 is 0 Å². The molecule has 1 unspecified atom stereocenters. The Bertz CT molecular complexity index is 1270. The first-order chi connectivity index (χ1) is 15.3. The van der Waals surface area contributed by atoms with E-state index >= 15 is 0 Å². The molecule has 1 N–H and O–H groups in total. The van der Waals surface area contributed by atoms with E-state index < -0.39 is 33.4 Å². The van der Waals surface area contributed by atoms with E-state index in [1.54, 1.807) is 30.3 Å². The van der Waals surface area contributed by atoms with Gasteiger partial charge < -0.3 is 19.4 Å². The van der Waals surface area contributed by atoms with Crippen LogP contribution in [0.5, 0.6) is 5.75 Å². The average Bonchev–Trinajstić information content (AvgIpc) is 3.27. The number of methoxy groups -OCH3 is 1. The molecule has 1 aliphatic heterocycles. The number of amides is 2. The van der Waals surface area contributed by atoms with Crippen molar-refractivity contribution in [3.05, 3.63) is 71.6 Å². The lowest BCUT2D eigenvalue weighted by Gasteiger charge is -2.22. The van der Waals surface area contributed by atoms with Gasteiger partial charge in [-0.15, -0.1) is 0 Å². The van der Waals surface area contributed by atoms with Crippen LogP contribution in [0.15, 0.2) is 70.2 Å². The number of nitrogens with one attached hydrogen (secondary N) is 1. The van der Waals surface area contributed by atoms with Crippen molar-refractivity contribution >= 4 is 44.6 Å². The predicted octanol–water partition coefficient (Wildman–Crippen LogP) is 3.83. The van der Waals surface area contributed by atoms with E-state index in [4.69, 9.17) is 20.8 Å². The quantitative estimate of drug-likeness (QED) is 0.602. The third-order valence-electron chi connectivity index (χ3n) is 5.10. The molecule has 2 amide bonds. The first-order valence-corrected chi connectivity index (χ1v) is 11.5. The van der Waals surface area contributed by atoms with Crippen molar-refractivity contribution in [2.75, 3.05) is 23.9 Å². The Labute approximate surface area is 189 Å². The number of fused-ring (bicyclic) bond motifs is 1. The number of hydrogen-bond acceptors (Lipinski definition) is 6. The van der Waals surface area contributed by atoms with Crippen molar-refractivity contribution < 1.29 is 27.2 Å². The topological polar surface area (TPSA) is 106 Å². The molecule has 1 aromatic heterocycles. The van der Waals surface area contributed by atoms with Gasteiger partial charge in [0.1, 0.15) is 23.3 Å². The van der Waals surface area contributed by atoms with Crippen LogP contribution < -0.4 is 15.0 Å². The number of rotatable bonds is 5. The van der Waals surface area contributed by atoms with E-state index in [9.17, 15) is 18.0 Å². The minimum absolute atomic E-state index is 0.0413. The van der Waals surface area contributed by atoms with Crippen molar-refractivity contribution in [2.24, 2.45) is 0 Å². The summed E-state index contributed by atoms with van der Waals surface area (Å²) < 4.78 is 37.2. The van der Waals surface area contributed by atoms with Gasteiger partial charge in [-0.05, 0) is 42.5 Å². The molecule has 0 aliphatic carbocycles. The number of para-hydroxylation sites is 1. The van der Waals surface area contributed by atoms with Crippen molar-refractivity contribution in [3.63, 3.8) is 0 Å². The Hall–Kier alpha value is -3.30. The summed E-state index contributed by atoms with van der Waals surface area (Å²) in [5.41, 5.74) is 0.474. The van der Waals surface area contributed by atoms with Crippen molar-refractivity contribution in [2.45, 2.75) is 16.6 Å². The van der Waals surface area contributed by atoms with Crippen LogP contribution in [0.25, 0.3) is 0 Å². The number of carbonyl (C=O) groups is 2. The summed E-state index contributed by atoms with van der Waals surface area (Å²) >= 11 is 6.01. The third kappa shape index (κ3) is 4.09. The monoisotopic (exact) mass is 474 g/mol. The zero-order valence-electron chi connectivity index (χ0n) is 16.9. The zero-order chi connectivity index (χ0) is 22.9. The summed E-state index contributed by atoms with van der Waals surface area (Å²) in [5.74, 6) is -0.496. The van der Waals surface area contributed by atoms with E-state index in [1.165, 1.54) is 42.5 Å². The molecule has 0 fully saturated rings. The van der Waals surface area contributed by atoms with Gasteiger partial charge in [0.15, 0.2) is 9.84 Å². The number of carbonyl (C=O) groups excluding carboxylic acids is 2. The van der Waals surface area contributed by atoms with Gasteiger partial charge in [0.25, 0.3) is 0 Å². The maximum atomic E-state index is 13.3. The minimum atomic E-state index is -3.94. The fraction of sp³-hybridized carbons (Fsp3) is 0.182. The van der Waals surface area contributed by atoms with Gasteiger partial charge in [0, 0.05) is 5.02 Å². The summed E-state index contributed by atoms with van der Waals surface area (Å²) in [7, 11) is -2.49.